The first-order valence-corrected chi connectivity index (χ1v) is 12.9. The minimum absolute atomic E-state index is 0.0700. The van der Waals surface area contributed by atoms with Crippen LogP contribution in [0.1, 0.15) is 35.7 Å². The standard InChI is InChI=1S/C23H26N4O4S2/c1-15-4-6-17(7-5-15)22-25-26-23(32-22)24-21(28)19-14-18(8-9-20(19)31-3)33(29,30)27-12-10-16(2)11-13-27/h4-9,14,16H,10-13H2,1-3H3,(H,24,26,28). The number of aromatic nitrogens is 2. The molecule has 8 nitrogen and oxygen atoms in total. The van der Waals surface area contributed by atoms with Crippen LogP contribution in [0.2, 0.25) is 0 Å². The molecule has 33 heavy (non-hydrogen) atoms. The molecule has 0 spiro atoms. The molecular formula is C23H26N4O4S2. The van der Waals surface area contributed by atoms with Crippen molar-refractivity contribution in [3.05, 3.63) is 53.6 Å². The van der Waals surface area contributed by atoms with E-state index in [-0.39, 0.29) is 16.2 Å². The Labute approximate surface area is 197 Å². The number of amides is 1. The number of anilines is 1. The molecule has 0 radical (unpaired) electrons. The fraction of sp³-hybridized carbons (Fsp3) is 0.348. The van der Waals surface area contributed by atoms with Crippen molar-refractivity contribution in [2.24, 2.45) is 5.92 Å². The van der Waals surface area contributed by atoms with Crippen LogP contribution in [-0.4, -0.2) is 49.0 Å². The molecule has 0 aliphatic carbocycles. The van der Waals surface area contributed by atoms with Crippen LogP contribution in [0.4, 0.5) is 5.13 Å². The highest BCUT2D eigenvalue weighted by Crippen LogP contribution is 2.30. The summed E-state index contributed by atoms with van der Waals surface area (Å²) in [4.78, 5) is 13.1. The Bertz CT molecular complexity index is 1250. The van der Waals surface area contributed by atoms with Gasteiger partial charge >= 0.3 is 0 Å². The van der Waals surface area contributed by atoms with Crippen molar-refractivity contribution >= 4 is 32.4 Å². The summed E-state index contributed by atoms with van der Waals surface area (Å²) in [6.07, 6.45) is 1.65. The highest BCUT2D eigenvalue weighted by atomic mass is 32.2. The van der Waals surface area contributed by atoms with E-state index < -0.39 is 15.9 Å². The van der Waals surface area contributed by atoms with Gasteiger partial charge in [-0.3, -0.25) is 10.1 Å². The highest BCUT2D eigenvalue weighted by Gasteiger charge is 2.29. The van der Waals surface area contributed by atoms with Crippen LogP contribution in [-0.2, 0) is 10.0 Å². The zero-order valence-corrected chi connectivity index (χ0v) is 20.4. The van der Waals surface area contributed by atoms with Crippen LogP contribution in [0.3, 0.4) is 0 Å². The Kier molecular flexibility index (Phi) is 6.78. The molecule has 1 fully saturated rings. The summed E-state index contributed by atoms with van der Waals surface area (Å²) in [5.41, 5.74) is 2.16. The number of aryl methyl sites for hydroxylation is 1. The number of ether oxygens (including phenoxy) is 1. The maximum absolute atomic E-state index is 13.1. The Hall–Kier alpha value is -2.82. The number of hydrogen-bond donors (Lipinski definition) is 1. The van der Waals surface area contributed by atoms with E-state index in [1.165, 1.54) is 41.0 Å². The molecule has 1 aliphatic rings. The summed E-state index contributed by atoms with van der Waals surface area (Å²) in [5, 5.41) is 11.9. The van der Waals surface area contributed by atoms with E-state index in [0.717, 1.165) is 24.0 Å². The third-order valence-corrected chi connectivity index (χ3v) is 8.52. The maximum Gasteiger partial charge on any atom is 0.261 e. The summed E-state index contributed by atoms with van der Waals surface area (Å²) in [6.45, 7) is 5.08. The second kappa shape index (κ2) is 9.58. The molecule has 4 rings (SSSR count). The smallest absolute Gasteiger partial charge is 0.261 e. The van der Waals surface area contributed by atoms with Gasteiger partial charge in [0.1, 0.15) is 10.8 Å². The molecule has 0 saturated carbocycles. The van der Waals surface area contributed by atoms with Crippen LogP contribution >= 0.6 is 11.3 Å². The van der Waals surface area contributed by atoms with Crippen molar-refractivity contribution in [1.29, 1.82) is 0 Å². The minimum Gasteiger partial charge on any atom is -0.496 e. The number of benzene rings is 2. The molecule has 1 N–H and O–H groups in total. The van der Waals surface area contributed by atoms with E-state index in [2.05, 4.69) is 22.4 Å². The average Bonchev–Trinajstić information content (AvgIpc) is 3.27. The van der Waals surface area contributed by atoms with Crippen molar-refractivity contribution < 1.29 is 17.9 Å². The molecule has 1 saturated heterocycles. The molecule has 1 amide bonds. The Morgan fingerprint density at radius 1 is 1.12 bits per heavy atom. The predicted octanol–water partition coefficient (Wildman–Crippen LogP) is 4.20. The van der Waals surface area contributed by atoms with Crippen molar-refractivity contribution in [3.63, 3.8) is 0 Å². The molecule has 2 heterocycles. The number of methoxy groups -OCH3 is 1. The summed E-state index contributed by atoms with van der Waals surface area (Å²) >= 11 is 1.24. The number of rotatable bonds is 6. The van der Waals surface area contributed by atoms with E-state index in [4.69, 9.17) is 4.74 Å². The first-order valence-electron chi connectivity index (χ1n) is 10.7. The van der Waals surface area contributed by atoms with E-state index in [9.17, 15) is 13.2 Å². The summed E-state index contributed by atoms with van der Waals surface area (Å²) in [5.74, 6) is 0.273. The molecule has 0 unspecified atom stereocenters. The lowest BCUT2D eigenvalue weighted by atomic mass is 10.0. The molecule has 3 aromatic rings. The second-order valence-corrected chi connectivity index (χ2v) is 11.1. The van der Waals surface area contributed by atoms with Crippen LogP contribution in [0, 0.1) is 12.8 Å². The third-order valence-electron chi connectivity index (χ3n) is 5.74. The van der Waals surface area contributed by atoms with Gasteiger partial charge < -0.3 is 4.74 Å². The molecule has 10 heteroatoms. The monoisotopic (exact) mass is 486 g/mol. The lowest BCUT2D eigenvalue weighted by molar-refractivity contribution is 0.102. The number of hydrogen-bond acceptors (Lipinski definition) is 7. The normalized spacial score (nSPS) is 15.4. The SMILES string of the molecule is COc1ccc(S(=O)(=O)N2CCC(C)CC2)cc1C(=O)Nc1nnc(-c2ccc(C)cc2)s1. The van der Waals surface area contributed by atoms with E-state index in [1.807, 2.05) is 31.2 Å². The largest absolute Gasteiger partial charge is 0.496 e. The van der Waals surface area contributed by atoms with Gasteiger partial charge in [-0.1, -0.05) is 48.1 Å². The number of piperidine rings is 1. The van der Waals surface area contributed by atoms with Gasteiger partial charge in [-0.05, 0) is 43.9 Å². The fourth-order valence-corrected chi connectivity index (χ4v) is 5.89. The number of carbonyl (C=O) groups is 1. The molecule has 0 atom stereocenters. The van der Waals surface area contributed by atoms with Gasteiger partial charge in [0, 0.05) is 18.7 Å². The fourth-order valence-electron chi connectivity index (χ4n) is 3.65. The van der Waals surface area contributed by atoms with Gasteiger partial charge in [0.2, 0.25) is 15.2 Å². The Morgan fingerprint density at radius 3 is 2.48 bits per heavy atom. The van der Waals surface area contributed by atoms with Crippen LogP contribution in [0.5, 0.6) is 5.75 Å². The van der Waals surface area contributed by atoms with Crippen molar-refractivity contribution in [3.8, 4) is 16.3 Å². The molecular weight excluding hydrogens is 460 g/mol. The van der Waals surface area contributed by atoms with E-state index >= 15 is 0 Å². The Morgan fingerprint density at radius 2 is 1.82 bits per heavy atom. The summed E-state index contributed by atoms with van der Waals surface area (Å²) < 4.78 is 33.1. The van der Waals surface area contributed by atoms with Gasteiger partial charge in [0.25, 0.3) is 5.91 Å². The second-order valence-electron chi connectivity index (χ2n) is 8.18. The molecule has 2 aromatic carbocycles. The number of nitrogens with zero attached hydrogens (tertiary/aromatic N) is 3. The van der Waals surface area contributed by atoms with Crippen LogP contribution in [0.25, 0.3) is 10.6 Å². The molecule has 174 valence electrons. The minimum atomic E-state index is -3.70. The third kappa shape index (κ3) is 5.07. The Balaban J connectivity index is 1.57. The predicted molar refractivity (Wildman–Crippen MR) is 128 cm³/mol. The first kappa shape index (κ1) is 23.3. The number of nitrogens with one attached hydrogen (secondary N) is 1. The number of sulfonamides is 1. The van der Waals surface area contributed by atoms with Gasteiger partial charge in [-0.25, -0.2) is 8.42 Å². The van der Waals surface area contributed by atoms with E-state index in [0.29, 0.717) is 29.1 Å². The lowest BCUT2D eigenvalue weighted by Gasteiger charge is -2.29. The molecule has 0 bridgehead atoms. The van der Waals surface area contributed by atoms with Crippen molar-refractivity contribution in [2.75, 3.05) is 25.5 Å². The van der Waals surface area contributed by atoms with Crippen LogP contribution in [0.15, 0.2) is 47.4 Å². The topological polar surface area (TPSA) is 101 Å². The summed E-state index contributed by atoms with van der Waals surface area (Å²) in [7, 11) is -2.27. The average molecular weight is 487 g/mol. The van der Waals surface area contributed by atoms with Gasteiger partial charge in [0.15, 0.2) is 0 Å². The first-order chi connectivity index (χ1) is 15.8. The summed E-state index contributed by atoms with van der Waals surface area (Å²) in [6, 6.07) is 12.2. The molecule has 1 aliphatic heterocycles. The van der Waals surface area contributed by atoms with Crippen molar-refractivity contribution in [1.82, 2.24) is 14.5 Å². The highest BCUT2D eigenvalue weighted by molar-refractivity contribution is 7.89. The lowest BCUT2D eigenvalue weighted by Crippen LogP contribution is -2.37. The van der Waals surface area contributed by atoms with E-state index in [1.54, 1.807) is 0 Å². The van der Waals surface area contributed by atoms with Gasteiger partial charge in [0.05, 0.1) is 17.6 Å². The van der Waals surface area contributed by atoms with Gasteiger partial charge in [-0.15, -0.1) is 10.2 Å². The zero-order valence-electron chi connectivity index (χ0n) is 18.7. The van der Waals surface area contributed by atoms with Crippen molar-refractivity contribution in [2.45, 2.75) is 31.6 Å². The van der Waals surface area contributed by atoms with Crippen LogP contribution < -0.4 is 10.1 Å². The number of carbonyl (C=O) groups excluding carboxylic acids is 1. The zero-order chi connectivity index (χ0) is 23.6. The maximum atomic E-state index is 13.1. The quantitative estimate of drug-likeness (QED) is 0.560. The van der Waals surface area contributed by atoms with Gasteiger partial charge in [-0.2, -0.15) is 4.31 Å². The molecule has 1 aromatic heterocycles.